The van der Waals surface area contributed by atoms with Crippen LogP contribution in [-0.2, 0) is 4.79 Å². The van der Waals surface area contributed by atoms with Crippen molar-refractivity contribution in [1.29, 1.82) is 0 Å². The summed E-state index contributed by atoms with van der Waals surface area (Å²) in [5, 5.41) is 1.82. The Hall–Kier alpha value is -1.75. The van der Waals surface area contributed by atoms with E-state index in [0.717, 1.165) is 16.3 Å². The maximum Gasteiger partial charge on any atom is 0.308 e. The molecule has 0 spiro atoms. The minimum Gasteiger partial charge on any atom is -0.490 e. The molecule has 22 heavy (non-hydrogen) atoms. The van der Waals surface area contributed by atoms with E-state index in [2.05, 4.69) is 19.6 Å². The zero-order valence-corrected chi connectivity index (χ0v) is 15.4. The van der Waals surface area contributed by atoms with E-state index < -0.39 is 8.07 Å². The maximum absolute atomic E-state index is 11.5. The first-order valence-corrected chi connectivity index (χ1v) is 11.0. The molecule has 1 heterocycles. The molecule has 0 fully saturated rings. The number of hydrogen-bond donors (Lipinski definition) is 0. The average molecular weight is 320 g/mol. The molecule has 0 aliphatic rings. The Morgan fingerprint density at radius 3 is 2.36 bits per heavy atom. The summed E-state index contributed by atoms with van der Waals surface area (Å²) in [6, 6.07) is 3.90. The topological polar surface area (TPSA) is 48.7 Å². The number of furan rings is 1. The van der Waals surface area contributed by atoms with Gasteiger partial charge in [-0.2, -0.15) is 0 Å². The van der Waals surface area contributed by atoms with Crippen molar-refractivity contribution in [3.8, 4) is 11.5 Å². The van der Waals surface area contributed by atoms with Crippen molar-refractivity contribution >= 4 is 30.4 Å². The number of carbonyl (C=O) groups is 1. The molecule has 0 saturated carbocycles. The van der Waals surface area contributed by atoms with Gasteiger partial charge in [0.15, 0.2) is 0 Å². The molecule has 0 unspecified atom stereocenters. The van der Waals surface area contributed by atoms with Gasteiger partial charge in [-0.3, -0.25) is 4.79 Å². The van der Waals surface area contributed by atoms with Gasteiger partial charge in [0, 0.05) is 18.6 Å². The van der Waals surface area contributed by atoms with E-state index in [4.69, 9.17) is 13.9 Å². The van der Waals surface area contributed by atoms with Gasteiger partial charge in [-0.1, -0.05) is 19.6 Å². The molecular weight excluding hydrogens is 296 g/mol. The van der Waals surface area contributed by atoms with Crippen LogP contribution in [0.4, 0.5) is 0 Å². The summed E-state index contributed by atoms with van der Waals surface area (Å²) in [7, 11) is -1.59. The Balaban J connectivity index is 2.70. The fraction of sp³-hybridized carbons (Fsp3) is 0.471. The Bertz CT molecular complexity index is 707. The highest BCUT2D eigenvalue weighted by Crippen LogP contribution is 2.37. The molecule has 5 heteroatoms. The van der Waals surface area contributed by atoms with Crippen LogP contribution >= 0.6 is 0 Å². The van der Waals surface area contributed by atoms with Crippen LogP contribution in [-0.4, -0.2) is 20.1 Å². The molecule has 0 radical (unpaired) electrons. The second-order valence-corrected chi connectivity index (χ2v) is 11.9. The lowest BCUT2D eigenvalue weighted by Gasteiger charge is -2.15. The van der Waals surface area contributed by atoms with Crippen LogP contribution in [0.25, 0.3) is 11.0 Å². The molecule has 0 saturated heterocycles. The minimum atomic E-state index is -1.59. The summed E-state index contributed by atoms with van der Waals surface area (Å²) in [5.41, 5.74) is 1.52. The lowest BCUT2D eigenvalue weighted by atomic mass is 10.1. The van der Waals surface area contributed by atoms with Crippen LogP contribution in [0.15, 0.2) is 16.5 Å². The van der Waals surface area contributed by atoms with E-state index in [1.54, 1.807) is 0 Å². The van der Waals surface area contributed by atoms with Crippen molar-refractivity contribution in [2.75, 3.05) is 0 Å². The zero-order chi connectivity index (χ0) is 16.7. The van der Waals surface area contributed by atoms with Crippen molar-refractivity contribution in [1.82, 2.24) is 0 Å². The molecule has 0 aliphatic heterocycles. The molecule has 2 rings (SSSR count). The number of carbonyl (C=O) groups excluding carboxylic acids is 1. The fourth-order valence-electron chi connectivity index (χ4n) is 2.25. The van der Waals surface area contributed by atoms with Crippen LogP contribution in [0, 0.1) is 6.92 Å². The second kappa shape index (κ2) is 5.80. The van der Waals surface area contributed by atoms with Gasteiger partial charge in [0.05, 0.1) is 16.9 Å². The quantitative estimate of drug-likeness (QED) is 0.485. The van der Waals surface area contributed by atoms with E-state index in [9.17, 15) is 4.79 Å². The number of fused-ring (bicyclic) bond motifs is 1. The third-order valence-corrected chi connectivity index (χ3v) is 5.05. The van der Waals surface area contributed by atoms with Crippen molar-refractivity contribution < 1.29 is 18.7 Å². The predicted molar refractivity (Wildman–Crippen MR) is 91.0 cm³/mol. The maximum atomic E-state index is 11.5. The molecule has 120 valence electrons. The summed E-state index contributed by atoms with van der Waals surface area (Å²) in [6.07, 6.45) is 0.0350. The van der Waals surface area contributed by atoms with Crippen LogP contribution in [0.3, 0.4) is 0 Å². The summed E-state index contributed by atoms with van der Waals surface area (Å²) in [6.45, 7) is 13.9. The van der Waals surface area contributed by atoms with Crippen LogP contribution in [0.2, 0.25) is 19.6 Å². The van der Waals surface area contributed by atoms with Gasteiger partial charge in [-0.15, -0.1) is 0 Å². The lowest BCUT2D eigenvalue weighted by Crippen LogP contribution is -2.36. The molecule has 2 aromatic rings. The highest BCUT2D eigenvalue weighted by Gasteiger charge is 2.25. The summed E-state index contributed by atoms with van der Waals surface area (Å²) in [4.78, 5) is 11.5. The average Bonchev–Trinajstić information content (AvgIpc) is 2.77. The molecule has 1 aromatic heterocycles. The van der Waals surface area contributed by atoms with Crippen molar-refractivity contribution in [3.63, 3.8) is 0 Å². The van der Waals surface area contributed by atoms with E-state index in [-0.39, 0.29) is 12.1 Å². The molecule has 0 aliphatic carbocycles. The van der Waals surface area contributed by atoms with Gasteiger partial charge in [0.1, 0.15) is 25.2 Å². The van der Waals surface area contributed by atoms with Gasteiger partial charge < -0.3 is 13.9 Å². The number of ether oxygens (including phenoxy) is 2. The third-order valence-electron chi connectivity index (χ3n) is 3.33. The van der Waals surface area contributed by atoms with E-state index in [1.165, 1.54) is 6.92 Å². The molecule has 4 nitrogen and oxygen atoms in total. The summed E-state index contributed by atoms with van der Waals surface area (Å²) >= 11 is 0. The monoisotopic (exact) mass is 320 g/mol. The SMILES string of the molecule is CC(=O)Oc1c(C)c(OC(C)C)cc2oc([Si](C)(C)C)cc12. The van der Waals surface area contributed by atoms with Crippen LogP contribution in [0.1, 0.15) is 26.3 Å². The summed E-state index contributed by atoms with van der Waals surface area (Å²) < 4.78 is 17.3. The molecule has 0 amide bonds. The first-order chi connectivity index (χ1) is 10.1. The van der Waals surface area contributed by atoms with E-state index >= 15 is 0 Å². The fourth-order valence-corrected chi connectivity index (χ4v) is 3.25. The van der Waals surface area contributed by atoms with E-state index in [1.807, 2.05) is 32.9 Å². The van der Waals surface area contributed by atoms with Gasteiger partial charge in [-0.05, 0) is 26.8 Å². The predicted octanol–water partition coefficient (Wildman–Crippen LogP) is 4.00. The Kier molecular flexibility index (Phi) is 4.38. The van der Waals surface area contributed by atoms with E-state index in [0.29, 0.717) is 17.1 Å². The third kappa shape index (κ3) is 3.35. The van der Waals surface area contributed by atoms with Crippen molar-refractivity contribution in [2.45, 2.75) is 53.4 Å². The van der Waals surface area contributed by atoms with Gasteiger partial charge in [-0.25, -0.2) is 0 Å². The second-order valence-electron chi connectivity index (χ2n) is 6.86. The molecule has 1 aromatic carbocycles. The lowest BCUT2D eigenvalue weighted by molar-refractivity contribution is -0.131. The van der Waals surface area contributed by atoms with Gasteiger partial charge >= 0.3 is 5.97 Å². The molecule has 0 N–H and O–H groups in total. The minimum absolute atomic E-state index is 0.0350. The summed E-state index contributed by atoms with van der Waals surface area (Å²) in [5.74, 6) is 0.881. The number of benzene rings is 1. The zero-order valence-electron chi connectivity index (χ0n) is 14.4. The van der Waals surface area contributed by atoms with Gasteiger partial charge in [0.2, 0.25) is 0 Å². The smallest absolute Gasteiger partial charge is 0.308 e. The molecular formula is C17H24O4Si. The van der Waals surface area contributed by atoms with Crippen LogP contribution in [0.5, 0.6) is 11.5 Å². The molecule has 0 bridgehead atoms. The Morgan fingerprint density at radius 2 is 1.86 bits per heavy atom. The first kappa shape index (κ1) is 16.6. The van der Waals surface area contributed by atoms with Crippen molar-refractivity contribution in [2.24, 2.45) is 0 Å². The van der Waals surface area contributed by atoms with Gasteiger partial charge in [0.25, 0.3) is 0 Å². The number of esters is 1. The van der Waals surface area contributed by atoms with Crippen LogP contribution < -0.4 is 14.9 Å². The normalized spacial score (nSPS) is 12.0. The van der Waals surface area contributed by atoms with Crippen molar-refractivity contribution in [3.05, 3.63) is 17.7 Å². The largest absolute Gasteiger partial charge is 0.490 e. The number of hydrogen-bond acceptors (Lipinski definition) is 4. The number of rotatable bonds is 4. The standard InChI is InChI=1S/C17H24O4Si/c1-10(2)19-14-9-15-13(8-16(21-15)22(5,6)7)17(11(14)3)20-12(4)18/h8-10H,1-7H3. The highest BCUT2D eigenvalue weighted by molar-refractivity contribution is 6.87. The highest BCUT2D eigenvalue weighted by atomic mass is 28.3. The Labute approximate surface area is 132 Å². The first-order valence-electron chi connectivity index (χ1n) is 7.52. The Morgan fingerprint density at radius 1 is 1.23 bits per heavy atom. The molecule has 0 atom stereocenters.